The number of hydrogen-bond acceptors (Lipinski definition) is 1. The molecule has 0 fully saturated rings. The summed E-state index contributed by atoms with van der Waals surface area (Å²) in [5.74, 6) is 0.901. The second kappa shape index (κ2) is 12.3. The molecule has 2 heteroatoms. The van der Waals surface area contributed by atoms with E-state index in [4.69, 9.17) is 11.3 Å². The highest BCUT2D eigenvalue weighted by Gasteiger charge is 2.00. The first-order valence-corrected chi connectivity index (χ1v) is 8.50. The maximum Gasteiger partial charge on any atom is 0.340 e. The maximum absolute atomic E-state index is 5.70. The fraction of sp³-hybridized carbons (Fsp3) is 0.632. The van der Waals surface area contributed by atoms with Crippen LogP contribution in [0.15, 0.2) is 24.3 Å². The molecule has 0 unspecified atom stereocenters. The van der Waals surface area contributed by atoms with E-state index < -0.39 is 0 Å². The van der Waals surface area contributed by atoms with Gasteiger partial charge in [-0.2, -0.15) is 0 Å². The van der Waals surface area contributed by atoms with Crippen LogP contribution in [0.1, 0.15) is 71.1 Å². The molecule has 0 aliphatic carbocycles. The van der Waals surface area contributed by atoms with Gasteiger partial charge in [0.1, 0.15) is 5.75 Å². The monoisotopic (exact) mass is 288 g/mol. The van der Waals surface area contributed by atoms with E-state index in [0.717, 1.165) is 24.5 Å². The van der Waals surface area contributed by atoms with E-state index in [1.165, 1.54) is 57.8 Å². The van der Waals surface area contributed by atoms with Crippen molar-refractivity contribution < 1.29 is 4.74 Å². The Morgan fingerprint density at radius 2 is 1.33 bits per heavy atom. The van der Waals surface area contributed by atoms with E-state index in [2.05, 4.69) is 11.8 Å². The molecule has 0 aliphatic rings. The van der Waals surface area contributed by atoms with Gasteiger partial charge in [-0.25, -0.2) is 0 Å². The molecule has 0 bridgehead atoms. The molecular formula is C19H30NO+. The maximum atomic E-state index is 5.70. The second-order valence-corrected chi connectivity index (χ2v) is 5.65. The van der Waals surface area contributed by atoms with Crippen LogP contribution in [0.5, 0.6) is 5.75 Å². The van der Waals surface area contributed by atoms with Gasteiger partial charge in [-0.05, 0) is 23.4 Å². The Bertz CT molecular complexity index is 391. The average Bonchev–Trinajstić information content (AvgIpc) is 2.53. The molecule has 0 radical (unpaired) electrons. The Morgan fingerprint density at radius 1 is 0.810 bits per heavy atom. The Hall–Kier alpha value is -1.49. The van der Waals surface area contributed by atoms with Crippen molar-refractivity contribution in [1.29, 1.82) is 0 Å². The van der Waals surface area contributed by atoms with Crippen molar-refractivity contribution in [3.8, 4) is 12.3 Å². The highest BCUT2D eigenvalue weighted by molar-refractivity contribution is 5.47. The van der Waals surface area contributed by atoms with Crippen LogP contribution < -0.4 is 4.74 Å². The van der Waals surface area contributed by atoms with Crippen LogP contribution in [0, 0.1) is 6.57 Å². The summed E-state index contributed by atoms with van der Waals surface area (Å²) in [5.41, 5.74) is 0.779. The summed E-state index contributed by atoms with van der Waals surface area (Å²) in [4.78, 5) is 3.62. The topological polar surface area (TPSA) is 13.6 Å². The summed E-state index contributed by atoms with van der Waals surface area (Å²) >= 11 is 0. The van der Waals surface area contributed by atoms with Gasteiger partial charge in [0.2, 0.25) is 0 Å². The summed E-state index contributed by atoms with van der Waals surface area (Å²) in [5, 5.41) is 0. The minimum absolute atomic E-state index is 0.779. The molecule has 1 rings (SSSR count). The zero-order valence-electron chi connectivity index (χ0n) is 13.5. The van der Waals surface area contributed by atoms with Crippen molar-refractivity contribution in [3.05, 3.63) is 29.1 Å². The van der Waals surface area contributed by atoms with E-state index in [1.807, 2.05) is 24.3 Å². The number of nitrogens with zero attached hydrogens (tertiary/aromatic N) is 1. The number of benzene rings is 1. The largest absolute Gasteiger partial charge is 0.494 e. The van der Waals surface area contributed by atoms with Crippen molar-refractivity contribution in [2.45, 2.75) is 71.1 Å². The van der Waals surface area contributed by atoms with E-state index in [1.54, 1.807) is 0 Å². The lowest BCUT2D eigenvalue weighted by molar-refractivity contribution is 0.304. The fourth-order valence-corrected chi connectivity index (χ4v) is 2.41. The molecule has 0 aromatic heterocycles. The predicted octanol–water partition coefficient (Wildman–Crippen LogP) is 6.58. The Morgan fingerprint density at radius 3 is 1.86 bits per heavy atom. The quantitative estimate of drug-likeness (QED) is 0.396. The molecule has 1 aromatic carbocycles. The van der Waals surface area contributed by atoms with Gasteiger partial charge >= 0.3 is 5.69 Å². The number of ether oxygens (including phenoxy) is 1. The summed E-state index contributed by atoms with van der Waals surface area (Å²) in [7, 11) is 0. The van der Waals surface area contributed by atoms with Gasteiger partial charge in [-0.15, -0.1) is 0 Å². The van der Waals surface area contributed by atoms with Gasteiger partial charge < -0.3 is 4.74 Å². The normalized spacial score (nSPS) is 10.3. The highest BCUT2D eigenvalue weighted by atomic mass is 16.5. The molecule has 0 amide bonds. The van der Waals surface area contributed by atoms with Crippen molar-refractivity contribution in [2.75, 3.05) is 6.61 Å². The molecule has 0 spiro atoms. The van der Waals surface area contributed by atoms with E-state index in [0.29, 0.717) is 0 Å². The van der Waals surface area contributed by atoms with Crippen LogP contribution in [-0.4, -0.2) is 6.61 Å². The minimum atomic E-state index is 0.779. The molecule has 0 aliphatic heterocycles. The molecular weight excluding hydrogens is 258 g/mol. The first-order valence-electron chi connectivity index (χ1n) is 8.50. The van der Waals surface area contributed by atoms with Crippen molar-refractivity contribution in [2.24, 2.45) is 0 Å². The van der Waals surface area contributed by atoms with Crippen molar-refractivity contribution >= 4 is 5.69 Å². The van der Waals surface area contributed by atoms with Crippen LogP contribution in [0.25, 0.3) is 4.85 Å². The van der Waals surface area contributed by atoms with Crippen molar-refractivity contribution in [1.82, 2.24) is 0 Å². The van der Waals surface area contributed by atoms with Gasteiger partial charge in [-0.3, -0.25) is 0 Å². The number of hydrogen-bond donors (Lipinski definition) is 0. The Labute approximate surface area is 130 Å². The molecule has 0 saturated heterocycles. The molecule has 116 valence electrons. The number of unbranched alkanes of at least 4 members (excludes halogenated alkanes) is 9. The lowest BCUT2D eigenvalue weighted by atomic mass is 10.1. The first kappa shape index (κ1) is 17.6. The van der Waals surface area contributed by atoms with Crippen LogP contribution in [0.3, 0.4) is 0 Å². The second-order valence-electron chi connectivity index (χ2n) is 5.65. The van der Waals surface area contributed by atoms with E-state index in [-0.39, 0.29) is 0 Å². The fourth-order valence-electron chi connectivity index (χ4n) is 2.41. The molecule has 0 saturated carbocycles. The van der Waals surface area contributed by atoms with Gasteiger partial charge in [-0.1, -0.05) is 64.7 Å². The molecule has 0 heterocycles. The number of rotatable bonds is 12. The smallest absolute Gasteiger partial charge is 0.340 e. The lowest BCUT2D eigenvalue weighted by Crippen LogP contribution is -1.96. The predicted molar refractivity (Wildman–Crippen MR) is 91.7 cm³/mol. The average molecular weight is 288 g/mol. The van der Waals surface area contributed by atoms with Gasteiger partial charge in [0.25, 0.3) is 6.57 Å². The van der Waals surface area contributed by atoms with Crippen LogP contribution in [-0.2, 0) is 0 Å². The standard InChI is InChI=1S/C19H30NO/c1-3-4-5-6-7-8-9-10-11-12-17-21-19-15-13-18(20-2)14-16-19/h2,13-16H,3-12,17H2,1H3/q+1. The molecule has 21 heavy (non-hydrogen) atoms. The SMILES string of the molecule is C#[N+]c1ccc(OCCCCCCCCCCCC)cc1. The third-order valence-electron chi connectivity index (χ3n) is 3.75. The molecule has 2 nitrogen and oxygen atoms in total. The van der Waals surface area contributed by atoms with Crippen LogP contribution >= 0.6 is 0 Å². The van der Waals surface area contributed by atoms with Crippen molar-refractivity contribution in [3.63, 3.8) is 0 Å². The van der Waals surface area contributed by atoms with Gasteiger partial charge in [0, 0.05) is 12.1 Å². The van der Waals surface area contributed by atoms with Gasteiger partial charge in [0.05, 0.1) is 6.61 Å². The molecule has 0 N–H and O–H groups in total. The van der Waals surface area contributed by atoms with E-state index >= 15 is 0 Å². The van der Waals surface area contributed by atoms with Crippen LogP contribution in [0.4, 0.5) is 5.69 Å². The van der Waals surface area contributed by atoms with E-state index in [9.17, 15) is 0 Å². The third kappa shape index (κ3) is 9.13. The zero-order chi connectivity index (χ0) is 15.2. The zero-order valence-corrected chi connectivity index (χ0v) is 13.5. The van der Waals surface area contributed by atoms with Crippen LogP contribution in [0.2, 0.25) is 0 Å². The summed E-state index contributed by atoms with van der Waals surface area (Å²) < 4.78 is 5.70. The summed E-state index contributed by atoms with van der Waals surface area (Å²) in [6, 6.07) is 7.58. The third-order valence-corrected chi connectivity index (χ3v) is 3.75. The molecule has 0 atom stereocenters. The highest BCUT2D eigenvalue weighted by Crippen LogP contribution is 2.18. The summed E-state index contributed by atoms with van der Waals surface area (Å²) in [6.07, 6.45) is 13.5. The lowest BCUT2D eigenvalue weighted by Gasteiger charge is -2.05. The Kier molecular flexibility index (Phi) is 10.3. The molecule has 1 aromatic rings. The van der Waals surface area contributed by atoms with Gasteiger partial charge in [0.15, 0.2) is 0 Å². The Balaban J connectivity index is 1.89. The minimum Gasteiger partial charge on any atom is -0.494 e. The first-order chi connectivity index (χ1) is 10.4. The summed E-state index contributed by atoms with van der Waals surface area (Å²) in [6.45, 7) is 8.27.